The highest BCUT2D eigenvalue weighted by atomic mass is 127. The summed E-state index contributed by atoms with van der Waals surface area (Å²) < 4.78 is 1.94. The molecule has 3 N–H and O–H groups in total. The van der Waals surface area contributed by atoms with Gasteiger partial charge in [-0.1, -0.05) is 25.1 Å². The molecule has 11 heteroatoms. The molecular weight excluding hydrogens is 540 g/mol. The number of unbranched alkanes of at least 4 members (excludes halogenated alkanes) is 1. The molecule has 0 aliphatic rings. The first kappa shape index (κ1) is 24.2. The molecule has 0 bridgehead atoms. The molecule has 0 spiro atoms. The number of para-hydroxylation sites is 1. The van der Waals surface area contributed by atoms with Crippen LogP contribution in [0, 0.1) is 0 Å². The molecule has 0 radical (unpaired) electrons. The Bertz CT molecular complexity index is 1200. The van der Waals surface area contributed by atoms with Crippen molar-refractivity contribution >= 4 is 62.3 Å². The summed E-state index contributed by atoms with van der Waals surface area (Å²) in [5, 5.41) is 9.76. The third-order valence-electron chi connectivity index (χ3n) is 4.71. The second kappa shape index (κ2) is 12.0. The minimum Gasteiger partial charge on any atom is -0.481 e. The number of rotatable bonds is 8. The zero-order chi connectivity index (χ0) is 22.9. The number of fused-ring (bicyclic) bond motifs is 2. The summed E-state index contributed by atoms with van der Waals surface area (Å²) >= 11 is 2.26. The average molecular weight is 565 g/mol. The molecule has 1 atom stereocenters. The second-order valence-corrected chi connectivity index (χ2v) is 9.18. The number of carboxylic acids is 1. The normalized spacial score (nSPS) is 11.2. The van der Waals surface area contributed by atoms with Crippen LogP contribution in [0.1, 0.15) is 44.1 Å². The van der Waals surface area contributed by atoms with Crippen molar-refractivity contribution in [1.29, 1.82) is 0 Å². The van der Waals surface area contributed by atoms with Gasteiger partial charge in [0.25, 0.3) is 0 Å². The van der Waals surface area contributed by atoms with E-state index in [0.29, 0.717) is 24.1 Å². The molecule has 0 saturated heterocycles. The van der Waals surface area contributed by atoms with Crippen molar-refractivity contribution in [2.45, 2.75) is 45.4 Å². The summed E-state index contributed by atoms with van der Waals surface area (Å²) in [6, 6.07) is 8.03. The fourth-order valence-corrected chi connectivity index (χ4v) is 4.61. The minimum atomic E-state index is -0.732. The van der Waals surface area contributed by atoms with Crippen LogP contribution >= 0.6 is 28.4 Å². The molecule has 4 rings (SSSR count). The lowest BCUT2D eigenvalue weighted by atomic mass is 10.1. The molecule has 9 nitrogen and oxygen atoms in total. The van der Waals surface area contributed by atoms with E-state index in [-0.39, 0.29) is 6.42 Å². The third-order valence-corrected chi connectivity index (χ3v) is 6.78. The quantitative estimate of drug-likeness (QED) is 0.180. The highest BCUT2D eigenvalue weighted by molar-refractivity contribution is 14.2. The molecule has 0 aliphatic heterocycles. The van der Waals surface area contributed by atoms with Crippen LogP contribution in [0.5, 0.6) is 0 Å². The lowest BCUT2D eigenvalue weighted by Crippen LogP contribution is -2.02. The summed E-state index contributed by atoms with van der Waals surface area (Å²) in [6.07, 6.45) is 8.24. The van der Waals surface area contributed by atoms with E-state index < -0.39 is 5.97 Å². The molecule has 3 heterocycles. The fraction of sp³-hybridized carbons (Fsp3) is 0.333. The first-order valence-electron chi connectivity index (χ1n) is 10.3. The maximum atomic E-state index is 10.5. The van der Waals surface area contributed by atoms with Crippen LogP contribution in [-0.4, -0.2) is 40.3 Å². The van der Waals surface area contributed by atoms with E-state index in [0.717, 1.165) is 53.8 Å². The number of hydrogen-bond donors (Lipinski definition) is 2. The van der Waals surface area contributed by atoms with Gasteiger partial charge in [0.05, 0.1) is 17.6 Å². The zero-order valence-electron chi connectivity index (χ0n) is 17.7. The van der Waals surface area contributed by atoms with Gasteiger partial charge in [-0.3, -0.25) is 9.13 Å². The van der Waals surface area contributed by atoms with E-state index in [1.807, 2.05) is 28.6 Å². The number of hydrogen-bond acceptors (Lipinski definition) is 7. The second-order valence-electron chi connectivity index (χ2n) is 7.08. The van der Waals surface area contributed by atoms with Gasteiger partial charge in [0.15, 0.2) is 17.0 Å². The van der Waals surface area contributed by atoms with Crippen molar-refractivity contribution in [3.05, 3.63) is 48.4 Å². The Morgan fingerprint density at radius 2 is 1.97 bits per heavy atom. The molecule has 168 valence electrons. The van der Waals surface area contributed by atoms with E-state index in [4.69, 9.17) is 10.8 Å². The van der Waals surface area contributed by atoms with Gasteiger partial charge in [-0.2, -0.15) is 0 Å². The third kappa shape index (κ3) is 6.29. The maximum absolute atomic E-state index is 10.5. The number of nitrogen functional groups attached to an aromatic ring is 1. The predicted molar refractivity (Wildman–Crippen MR) is 136 cm³/mol. The molecular formula is C21H25IN7O2P. The van der Waals surface area contributed by atoms with Crippen molar-refractivity contribution in [1.82, 2.24) is 29.3 Å². The zero-order valence-corrected chi connectivity index (χ0v) is 20.9. The average Bonchev–Trinajstić information content (AvgIpc) is 3.22. The number of carbonyl (C=O) groups is 1. The molecule has 0 aliphatic carbocycles. The van der Waals surface area contributed by atoms with E-state index in [9.17, 15) is 4.79 Å². The summed E-state index contributed by atoms with van der Waals surface area (Å²) in [4.78, 5) is 31.8. The van der Waals surface area contributed by atoms with E-state index in [1.165, 1.54) is 6.33 Å². The number of benzene rings is 1. The van der Waals surface area contributed by atoms with Gasteiger partial charge in [0, 0.05) is 18.2 Å². The van der Waals surface area contributed by atoms with Crippen LogP contribution in [0.3, 0.4) is 0 Å². The van der Waals surface area contributed by atoms with Crippen molar-refractivity contribution in [2.75, 3.05) is 5.73 Å². The first-order chi connectivity index (χ1) is 15.5. The Kier molecular flexibility index (Phi) is 9.04. The summed E-state index contributed by atoms with van der Waals surface area (Å²) in [7, 11) is 0. The van der Waals surface area contributed by atoms with Crippen molar-refractivity contribution in [2.24, 2.45) is 0 Å². The smallest absolute Gasteiger partial charge is 0.303 e. The fourth-order valence-electron chi connectivity index (χ4n) is 3.20. The maximum Gasteiger partial charge on any atom is 0.303 e. The molecule has 1 unspecified atom stereocenters. The number of aromatic nitrogens is 6. The van der Waals surface area contributed by atoms with Gasteiger partial charge < -0.3 is 10.8 Å². The van der Waals surface area contributed by atoms with Crippen LogP contribution in [0.4, 0.5) is 5.82 Å². The molecule has 1 aromatic carbocycles. The summed E-state index contributed by atoms with van der Waals surface area (Å²) in [5.41, 5.74) is 9.11. The Labute approximate surface area is 200 Å². The van der Waals surface area contributed by atoms with Crippen molar-refractivity contribution in [3.8, 4) is 0 Å². The number of imidazole rings is 1. The first-order valence-corrected chi connectivity index (χ1v) is 14.4. The Balaban J connectivity index is 0.000000204. The number of halogens is 1. The molecule has 32 heavy (non-hydrogen) atoms. The minimum absolute atomic E-state index is 0.227. The lowest BCUT2D eigenvalue weighted by molar-refractivity contribution is -0.137. The van der Waals surface area contributed by atoms with Gasteiger partial charge in [-0.15, -0.1) is 0 Å². The Hall–Kier alpha value is -2.46. The van der Waals surface area contributed by atoms with Gasteiger partial charge in [0.2, 0.25) is 0 Å². The van der Waals surface area contributed by atoms with Gasteiger partial charge in [-0.25, -0.2) is 24.9 Å². The van der Waals surface area contributed by atoms with E-state index in [2.05, 4.69) is 53.9 Å². The van der Waals surface area contributed by atoms with Gasteiger partial charge >= 0.3 is 5.97 Å². The van der Waals surface area contributed by atoms with Crippen molar-refractivity contribution in [3.63, 3.8) is 0 Å². The summed E-state index contributed by atoms with van der Waals surface area (Å²) in [5.74, 6) is 0.594. The Morgan fingerprint density at radius 1 is 1.16 bits per heavy atom. The number of nitrogens with two attached hydrogens (primary N) is 1. The van der Waals surface area contributed by atoms with Crippen molar-refractivity contribution < 1.29 is 9.90 Å². The highest BCUT2D eigenvalue weighted by Gasteiger charge is 2.08. The Morgan fingerprint density at radius 3 is 2.72 bits per heavy atom. The SMILES string of the molecule is CCCc1nc(CCCCC(=O)O)c2ccccc2n1.Nc1ncnc2c1ncn2PI. The van der Waals surface area contributed by atoms with Crippen LogP contribution in [0.25, 0.3) is 22.1 Å². The number of nitrogens with zero attached hydrogens (tertiary/aromatic N) is 6. The predicted octanol–water partition coefficient (Wildman–Crippen LogP) is 4.58. The van der Waals surface area contributed by atoms with Crippen LogP contribution < -0.4 is 5.73 Å². The molecule has 3 aromatic heterocycles. The molecule has 0 fully saturated rings. The largest absolute Gasteiger partial charge is 0.481 e. The standard InChI is InChI=1S/C16H20N2O2.C5H5IN5P/c1-2-7-15-17-13-9-4-3-8-12(13)14(18-15)10-5-6-11-16(19)20;6-12-11-2-10-3-4(7)8-1-9-5(3)11/h3-4,8-9H,2,5-7,10-11H2,1H3,(H,19,20);1-2,12H,(H2,7,8,9). The summed E-state index contributed by atoms with van der Waals surface area (Å²) in [6.45, 7) is 2.12. The topological polar surface area (TPSA) is 133 Å². The van der Waals surface area contributed by atoms with Gasteiger partial charge in [0.1, 0.15) is 18.5 Å². The van der Waals surface area contributed by atoms with Crippen LogP contribution in [0.15, 0.2) is 36.9 Å². The van der Waals surface area contributed by atoms with E-state index >= 15 is 0 Å². The lowest BCUT2D eigenvalue weighted by Gasteiger charge is -2.08. The number of aliphatic carboxylic acids is 1. The van der Waals surface area contributed by atoms with E-state index in [1.54, 1.807) is 6.33 Å². The van der Waals surface area contributed by atoms with Crippen LogP contribution in [0.2, 0.25) is 0 Å². The number of carboxylic acid groups (broad SMARTS) is 1. The monoisotopic (exact) mass is 565 g/mol. The number of aryl methyl sites for hydroxylation is 2. The number of anilines is 1. The van der Waals surface area contributed by atoms with Gasteiger partial charge in [-0.05, 0) is 53.8 Å². The molecule has 0 saturated carbocycles. The van der Waals surface area contributed by atoms with Crippen LogP contribution in [-0.2, 0) is 17.6 Å². The molecule has 4 aromatic rings. The molecule has 0 amide bonds. The highest BCUT2D eigenvalue weighted by Crippen LogP contribution is 2.28.